The van der Waals surface area contributed by atoms with Crippen LogP contribution in [-0.4, -0.2) is 7.11 Å². The van der Waals surface area contributed by atoms with E-state index in [1.54, 1.807) is 18.4 Å². The van der Waals surface area contributed by atoms with Gasteiger partial charge in [0.25, 0.3) is 0 Å². The van der Waals surface area contributed by atoms with Crippen molar-refractivity contribution < 1.29 is 9.15 Å². The Balaban J connectivity index is 1.70. The van der Waals surface area contributed by atoms with Crippen molar-refractivity contribution in [2.75, 3.05) is 12.8 Å². The molecule has 0 fully saturated rings. The zero-order valence-electron chi connectivity index (χ0n) is 16.3. The fraction of sp³-hybridized carbons (Fsp3) is 0.0833. The predicted octanol–water partition coefficient (Wildman–Crippen LogP) is 8.19. The van der Waals surface area contributed by atoms with E-state index < -0.39 is 0 Å². The van der Waals surface area contributed by atoms with Crippen molar-refractivity contribution in [1.29, 1.82) is 0 Å². The normalized spacial score (nSPS) is 11.5. The average molecular weight is 454 g/mol. The van der Waals surface area contributed by atoms with Gasteiger partial charge in [-0.2, -0.15) is 0 Å². The van der Waals surface area contributed by atoms with Gasteiger partial charge in [0.15, 0.2) is 5.76 Å². The van der Waals surface area contributed by atoms with Gasteiger partial charge in [0.05, 0.1) is 27.7 Å². The first-order valence-corrected chi connectivity index (χ1v) is 10.9. The van der Waals surface area contributed by atoms with E-state index in [-0.39, 0.29) is 0 Å². The molecule has 0 atom stereocenters. The van der Waals surface area contributed by atoms with E-state index >= 15 is 0 Å². The Bertz CT molecular complexity index is 1430. The Morgan fingerprint density at radius 1 is 0.933 bits per heavy atom. The molecule has 0 aliphatic rings. The lowest BCUT2D eigenvalue weighted by atomic mass is 10.0. The maximum atomic E-state index is 6.73. The number of halogens is 2. The average Bonchev–Trinajstić information content (AvgIpc) is 3.24. The number of thiophene rings is 1. The van der Waals surface area contributed by atoms with Crippen LogP contribution < -0.4 is 10.5 Å². The third-order valence-corrected chi connectivity index (χ3v) is 7.28. The number of hydrogen-bond acceptors (Lipinski definition) is 4. The number of aryl methyl sites for hydroxylation is 1. The second-order valence-electron chi connectivity index (χ2n) is 7.12. The number of benzene rings is 3. The molecule has 0 amide bonds. The van der Waals surface area contributed by atoms with Crippen LogP contribution in [0.25, 0.3) is 42.8 Å². The van der Waals surface area contributed by atoms with E-state index in [1.807, 2.05) is 61.5 Å². The highest BCUT2D eigenvalue weighted by Gasteiger charge is 2.21. The summed E-state index contributed by atoms with van der Waals surface area (Å²) in [7, 11) is 1.65. The lowest BCUT2D eigenvalue weighted by Gasteiger charge is -2.09. The summed E-state index contributed by atoms with van der Waals surface area (Å²) >= 11 is 15.0. The summed E-state index contributed by atoms with van der Waals surface area (Å²) in [6, 6.07) is 17.6. The second-order valence-corrected chi connectivity index (χ2v) is 8.93. The second kappa shape index (κ2) is 7.24. The maximum Gasteiger partial charge on any atom is 0.156 e. The van der Waals surface area contributed by atoms with Crippen LogP contribution in [0.3, 0.4) is 0 Å². The molecule has 2 N–H and O–H groups in total. The molecule has 0 bridgehead atoms. The Labute approximate surface area is 187 Å². The summed E-state index contributed by atoms with van der Waals surface area (Å²) in [5.41, 5.74) is 10.6. The SMILES string of the molecule is COc1ccc2c(Cl)c(-c3cccc(-c4oc5cc(C)ccc5c4Cl)c3N)sc2c1. The summed E-state index contributed by atoms with van der Waals surface area (Å²) in [5, 5.41) is 3.07. The van der Waals surface area contributed by atoms with Crippen LogP contribution in [0.1, 0.15) is 5.56 Å². The van der Waals surface area contributed by atoms with E-state index in [4.69, 9.17) is 38.1 Å². The van der Waals surface area contributed by atoms with Crippen LogP contribution >= 0.6 is 34.5 Å². The van der Waals surface area contributed by atoms with E-state index in [0.717, 1.165) is 48.4 Å². The standard InChI is InChI=1S/C24H17Cl2NO2S/c1-12-6-8-14-18(10-12)29-23(20(14)25)16-4-3-5-17(22(16)27)24-21(26)15-9-7-13(28-2)11-19(15)30-24/h3-11H,27H2,1-2H3. The zero-order valence-corrected chi connectivity index (χ0v) is 18.6. The van der Waals surface area contributed by atoms with Crippen molar-refractivity contribution in [2.24, 2.45) is 0 Å². The zero-order chi connectivity index (χ0) is 21.0. The summed E-state index contributed by atoms with van der Waals surface area (Å²) in [5.74, 6) is 1.36. The molecule has 5 rings (SSSR count). The number of fused-ring (bicyclic) bond motifs is 2. The molecule has 30 heavy (non-hydrogen) atoms. The smallest absolute Gasteiger partial charge is 0.156 e. The summed E-state index contributed by atoms with van der Waals surface area (Å²) < 4.78 is 12.5. The van der Waals surface area contributed by atoms with Gasteiger partial charge < -0.3 is 14.9 Å². The van der Waals surface area contributed by atoms with Crippen LogP contribution in [0.15, 0.2) is 59.0 Å². The summed E-state index contributed by atoms with van der Waals surface area (Å²) in [4.78, 5) is 0.905. The highest BCUT2D eigenvalue weighted by molar-refractivity contribution is 7.23. The van der Waals surface area contributed by atoms with Crippen molar-refractivity contribution in [2.45, 2.75) is 6.92 Å². The van der Waals surface area contributed by atoms with E-state index in [2.05, 4.69) is 0 Å². The van der Waals surface area contributed by atoms with Crippen molar-refractivity contribution in [3.05, 3.63) is 70.2 Å². The monoisotopic (exact) mass is 453 g/mol. The van der Waals surface area contributed by atoms with E-state index in [1.165, 1.54) is 0 Å². The highest BCUT2D eigenvalue weighted by atomic mass is 35.5. The molecular weight excluding hydrogens is 437 g/mol. The minimum Gasteiger partial charge on any atom is -0.497 e. The van der Waals surface area contributed by atoms with Gasteiger partial charge in [0.1, 0.15) is 11.3 Å². The van der Waals surface area contributed by atoms with Crippen molar-refractivity contribution in [3.63, 3.8) is 0 Å². The molecular formula is C24H17Cl2NO2S. The molecule has 2 heterocycles. The number of furan rings is 1. The molecule has 3 aromatic carbocycles. The molecule has 0 radical (unpaired) electrons. The van der Waals surface area contributed by atoms with Crippen molar-refractivity contribution in [3.8, 4) is 27.5 Å². The van der Waals surface area contributed by atoms with Gasteiger partial charge >= 0.3 is 0 Å². The lowest BCUT2D eigenvalue weighted by Crippen LogP contribution is -1.93. The third kappa shape index (κ3) is 2.95. The minimum atomic E-state index is 0.557. The molecule has 5 aromatic rings. The number of hydrogen-bond donors (Lipinski definition) is 1. The molecule has 3 nitrogen and oxygen atoms in total. The van der Waals surface area contributed by atoms with Crippen LogP contribution in [0.2, 0.25) is 10.0 Å². The van der Waals surface area contributed by atoms with Crippen molar-refractivity contribution in [1.82, 2.24) is 0 Å². The number of rotatable bonds is 3. The first-order valence-electron chi connectivity index (χ1n) is 9.32. The first-order chi connectivity index (χ1) is 14.5. The summed E-state index contributed by atoms with van der Waals surface area (Å²) in [6.07, 6.45) is 0. The van der Waals surface area contributed by atoms with Crippen LogP contribution in [0.5, 0.6) is 5.75 Å². The molecule has 0 spiro atoms. The number of methoxy groups -OCH3 is 1. The molecule has 0 aliphatic heterocycles. The van der Waals surface area contributed by atoms with Gasteiger partial charge in [-0.1, -0.05) is 41.4 Å². The summed E-state index contributed by atoms with van der Waals surface area (Å²) in [6.45, 7) is 2.02. The Morgan fingerprint density at radius 2 is 1.70 bits per heavy atom. The fourth-order valence-electron chi connectivity index (χ4n) is 3.65. The largest absolute Gasteiger partial charge is 0.497 e. The Hall–Kier alpha value is -2.66. The topological polar surface area (TPSA) is 48.4 Å². The lowest BCUT2D eigenvalue weighted by molar-refractivity contribution is 0.415. The minimum absolute atomic E-state index is 0.557. The van der Waals surface area contributed by atoms with Crippen molar-refractivity contribution >= 4 is 61.3 Å². The van der Waals surface area contributed by atoms with E-state index in [0.29, 0.717) is 21.5 Å². The number of nitrogen functional groups attached to an aromatic ring is 1. The molecule has 2 aromatic heterocycles. The van der Waals surface area contributed by atoms with Gasteiger partial charge in [-0.05, 0) is 48.9 Å². The quantitative estimate of drug-likeness (QED) is 0.280. The first kappa shape index (κ1) is 19.3. The number of nitrogens with two attached hydrogens (primary N) is 1. The third-order valence-electron chi connectivity index (χ3n) is 5.22. The molecule has 0 aliphatic carbocycles. The molecule has 0 saturated heterocycles. The van der Waals surface area contributed by atoms with Gasteiger partial charge in [-0.15, -0.1) is 11.3 Å². The molecule has 150 valence electrons. The molecule has 6 heteroatoms. The van der Waals surface area contributed by atoms with Gasteiger partial charge in [0.2, 0.25) is 0 Å². The van der Waals surface area contributed by atoms with Crippen LogP contribution in [0.4, 0.5) is 5.69 Å². The van der Waals surface area contributed by atoms with Gasteiger partial charge in [0, 0.05) is 26.6 Å². The number of para-hydroxylation sites is 1. The van der Waals surface area contributed by atoms with Crippen LogP contribution in [0, 0.1) is 6.92 Å². The maximum absolute atomic E-state index is 6.73. The fourth-order valence-corrected chi connectivity index (χ4v) is 5.55. The predicted molar refractivity (Wildman–Crippen MR) is 128 cm³/mol. The van der Waals surface area contributed by atoms with E-state index in [9.17, 15) is 0 Å². The Kier molecular flexibility index (Phi) is 4.66. The molecule has 0 unspecified atom stereocenters. The van der Waals surface area contributed by atoms with Gasteiger partial charge in [-0.3, -0.25) is 0 Å². The van der Waals surface area contributed by atoms with Gasteiger partial charge in [-0.25, -0.2) is 0 Å². The molecule has 0 saturated carbocycles. The van der Waals surface area contributed by atoms with Crippen LogP contribution in [-0.2, 0) is 0 Å². The highest BCUT2D eigenvalue weighted by Crippen LogP contribution is 2.48. The number of ether oxygens (including phenoxy) is 1. The number of anilines is 1. The Morgan fingerprint density at radius 3 is 2.50 bits per heavy atom.